The first-order valence-electron chi connectivity index (χ1n) is 5.45. The topological polar surface area (TPSA) is 21.3 Å². The Labute approximate surface area is 83.1 Å². The minimum absolute atomic E-state index is 0.633. The zero-order chi connectivity index (χ0) is 10.1. The highest BCUT2D eigenvalue weighted by molar-refractivity contribution is 4.60. The number of nitrogens with one attached hydrogen (secondary N) is 1. The van der Waals surface area contributed by atoms with Crippen LogP contribution in [0.15, 0.2) is 0 Å². The van der Waals surface area contributed by atoms with Crippen molar-refractivity contribution in [3.63, 3.8) is 0 Å². The van der Waals surface area contributed by atoms with Crippen LogP contribution in [0, 0.1) is 5.92 Å². The van der Waals surface area contributed by atoms with Crippen LogP contribution in [-0.4, -0.2) is 26.3 Å². The molecule has 0 rings (SSSR count). The molecule has 0 saturated heterocycles. The van der Waals surface area contributed by atoms with Gasteiger partial charge in [0.2, 0.25) is 0 Å². The standard InChI is InChI=1S/C11H25NO/c1-5-8-13-9-10(2)6-7-11(3)12-4/h10-12H,5-9H2,1-4H3/t10-,11+/m0/s1. The Balaban J connectivity index is 3.24. The molecule has 0 spiro atoms. The van der Waals surface area contributed by atoms with Crippen LogP contribution in [0.25, 0.3) is 0 Å². The SMILES string of the molecule is CCCOC[C@@H](C)CC[C@@H](C)NC. The number of ether oxygens (including phenoxy) is 1. The summed E-state index contributed by atoms with van der Waals surface area (Å²) < 4.78 is 5.49. The number of hydrogen-bond acceptors (Lipinski definition) is 2. The van der Waals surface area contributed by atoms with Gasteiger partial charge in [-0.1, -0.05) is 13.8 Å². The second-order valence-electron chi connectivity index (χ2n) is 3.95. The van der Waals surface area contributed by atoms with Crippen molar-refractivity contribution in [2.24, 2.45) is 5.92 Å². The average Bonchev–Trinajstić information content (AvgIpc) is 2.14. The Kier molecular flexibility index (Phi) is 8.46. The highest BCUT2D eigenvalue weighted by Gasteiger charge is 2.04. The van der Waals surface area contributed by atoms with Crippen LogP contribution < -0.4 is 5.32 Å². The minimum atomic E-state index is 0.633. The number of hydrogen-bond donors (Lipinski definition) is 1. The van der Waals surface area contributed by atoms with E-state index in [1.165, 1.54) is 12.8 Å². The van der Waals surface area contributed by atoms with E-state index in [0.29, 0.717) is 12.0 Å². The Bertz CT molecular complexity index is 106. The zero-order valence-electron chi connectivity index (χ0n) is 9.60. The van der Waals surface area contributed by atoms with Crippen molar-refractivity contribution < 1.29 is 4.74 Å². The van der Waals surface area contributed by atoms with Gasteiger partial charge in [0.1, 0.15) is 0 Å². The summed E-state index contributed by atoms with van der Waals surface area (Å²) in [7, 11) is 2.02. The van der Waals surface area contributed by atoms with Crippen molar-refractivity contribution in [2.45, 2.75) is 46.1 Å². The summed E-state index contributed by atoms with van der Waals surface area (Å²) >= 11 is 0. The first-order chi connectivity index (χ1) is 6.20. The van der Waals surface area contributed by atoms with Gasteiger partial charge in [0.05, 0.1) is 0 Å². The molecule has 0 saturated carbocycles. The van der Waals surface area contributed by atoms with E-state index in [0.717, 1.165) is 19.6 Å². The van der Waals surface area contributed by atoms with Crippen molar-refractivity contribution in [1.82, 2.24) is 5.32 Å². The molecule has 0 aliphatic carbocycles. The smallest absolute Gasteiger partial charge is 0.0491 e. The maximum Gasteiger partial charge on any atom is 0.0491 e. The molecular formula is C11H25NO. The lowest BCUT2D eigenvalue weighted by molar-refractivity contribution is 0.101. The lowest BCUT2D eigenvalue weighted by atomic mass is 10.0. The zero-order valence-corrected chi connectivity index (χ0v) is 9.60. The number of rotatable bonds is 8. The van der Waals surface area contributed by atoms with Gasteiger partial charge < -0.3 is 10.1 Å². The van der Waals surface area contributed by atoms with Gasteiger partial charge in [-0.05, 0) is 39.2 Å². The Morgan fingerprint density at radius 1 is 1.23 bits per heavy atom. The van der Waals surface area contributed by atoms with Crippen molar-refractivity contribution in [1.29, 1.82) is 0 Å². The van der Waals surface area contributed by atoms with Crippen LogP contribution in [-0.2, 0) is 4.74 Å². The second-order valence-corrected chi connectivity index (χ2v) is 3.95. The van der Waals surface area contributed by atoms with Crippen LogP contribution in [0.2, 0.25) is 0 Å². The van der Waals surface area contributed by atoms with Crippen LogP contribution in [0.3, 0.4) is 0 Å². The average molecular weight is 187 g/mol. The van der Waals surface area contributed by atoms with Crippen LogP contribution in [0.5, 0.6) is 0 Å². The molecule has 0 aromatic rings. The van der Waals surface area contributed by atoms with Crippen molar-refractivity contribution in [3.8, 4) is 0 Å². The maximum atomic E-state index is 5.49. The predicted molar refractivity (Wildman–Crippen MR) is 58.0 cm³/mol. The minimum Gasteiger partial charge on any atom is -0.381 e. The van der Waals surface area contributed by atoms with E-state index in [1.54, 1.807) is 0 Å². The molecule has 0 aliphatic heterocycles. The molecule has 2 atom stereocenters. The summed E-state index contributed by atoms with van der Waals surface area (Å²) in [4.78, 5) is 0. The van der Waals surface area contributed by atoms with Gasteiger partial charge in [-0.15, -0.1) is 0 Å². The van der Waals surface area contributed by atoms with Gasteiger partial charge >= 0.3 is 0 Å². The van der Waals surface area contributed by atoms with E-state index >= 15 is 0 Å². The lowest BCUT2D eigenvalue weighted by Gasteiger charge is -2.14. The fourth-order valence-electron chi connectivity index (χ4n) is 1.19. The molecule has 0 aromatic heterocycles. The van der Waals surface area contributed by atoms with E-state index in [9.17, 15) is 0 Å². The van der Waals surface area contributed by atoms with E-state index in [-0.39, 0.29) is 0 Å². The molecule has 13 heavy (non-hydrogen) atoms. The lowest BCUT2D eigenvalue weighted by Crippen LogP contribution is -2.22. The molecule has 0 fully saturated rings. The Morgan fingerprint density at radius 2 is 1.92 bits per heavy atom. The van der Waals surface area contributed by atoms with Gasteiger partial charge in [-0.25, -0.2) is 0 Å². The molecule has 0 radical (unpaired) electrons. The summed E-state index contributed by atoms with van der Waals surface area (Å²) in [5.41, 5.74) is 0. The first-order valence-corrected chi connectivity index (χ1v) is 5.45. The van der Waals surface area contributed by atoms with Gasteiger partial charge in [0, 0.05) is 19.3 Å². The fourth-order valence-corrected chi connectivity index (χ4v) is 1.19. The van der Waals surface area contributed by atoms with Crippen LogP contribution in [0.4, 0.5) is 0 Å². The molecule has 0 aliphatic rings. The van der Waals surface area contributed by atoms with E-state index in [1.807, 2.05) is 7.05 Å². The summed E-state index contributed by atoms with van der Waals surface area (Å²) in [5.74, 6) is 0.697. The summed E-state index contributed by atoms with van der Waals surface area (Å²) in [6.07, 6.45) is 3.62. The summed E-state index contributed by atoms with van der Waals surface area (Å²) in [6.45, 7) is 8.46. The summed E-state index contributed by atoms with van der Waals surface area (Å²) in [5, 5.41) is 3.25. The van der Waals surface area contributed by atoms with Gasteiger partial charge in [0.25, 0.3) is 0 Å². The van der Waals surface area contributed by atoms with E-state index in [4.69, 9.17) is 4.74 Å². The Morgan fingerprint density at radius 3 is 2.46 bits per heavy atom. The molecule has 0 unspecified atom stereocenters. The van der Waals surface area contributed by atoms with Gasteiger partial charge in [-0.3, -0.25) is 0 Å². The van der Waals surface area contributed by atoms with Crippen molar-refractivity contribution in [2.75, 3.05) is 20.3 Å². The van der Waals surface area contributed by atoms with Gasteiger partial charge in [-0.2, -0.15) is 0 Å². The van der Waals surface area contributed by atoms with Crippen molar-refractivity contribution >= 4 is 0 Å². The van der Waals surface area contributed by atoms with E-state index in [2.05, 4.69) is 26.1 Å². The molecule has 1 N–H and O–H groups in total. The highest BCUT2D eigenvalue weighted by atomic mass is 16.5. The molecule has 2 nitrogen and oxygen atoms in total. The molecule has 0 bridgehead atoms. The first kappa shape index (κ1) is 12.9. The Hall–Kier alpha value is -0.0800. The molecule has 80 valence electrons. The van der Waals surface area contributed by atoms with Crippen LogP contribution >= 0.6 is 0 Å². The van der Waals surface area contributed by atoms with Gasteiger partial charge in [0.15, 0.2) is 0 Å². The molecule has 0 aromatic carbocycles. The molecule has 2 heteroatoms. The van der Waals surface area contributed by atoms with E-state index < -0.39 is 0 Å². The molecule has 0 amide bonds. The third-order valence-electron chi connectivity index (χ3n) is 2.34. The third kappa shape index (κ3) is 8.26. The van der Waals surface area contributed by atoms with Crippen molar-refractivity contribution in [3.05, 3.63) is 0 Å². The second kappa shape index (κ2) is 8.52. The van der Waals surface area contributed by atoms with Crippen LogP contribution in [0.1, 0.15) is 40.0 Å². The normalized spacial score (nSPS) is 15.7. The third-order valence-corrected chi connectivity index (χ3v) is 2.34. The highest BCUT2D eigenvalue weighted by Crippen LogP contribution is 2.08. The largest absolute Gasteiger partial charge is 0.381 e. The summed E-state index contributed by atoms with van der Waals surface area (Å²) in [6, 6.07) is 0.633. The fraction of sp³-hybridized carbons (Fsp3) is 1.00. The quantitative estimate of drug-likeness (QED) is 0.589. The predicted octanol–water partition coefficient (Wildman–Crippen LogP) is 2.44. The molecular weight excluding hydrogens is 162 g/mol. The molecule has 0 heterocycles. The monoisotopic (exact) mass is 187 g/mol. The maximum absolute atomic E-state index is 5.49.